The van der Waals surface area contributed by atoms with Gasteiger partial charge in [-0.15, -0.1) is 0 Å². The number of unbranched alkanes of at least 4 members (excludes halogenated alkanes) is 1. The van der Waals surface area contributed by atoms with Crippen LogP contribution in [0.1, 0.15) is 70.2 Å². The van der Waals surface area contributed by atoms with Gasteiger partial charge in [0.1, 0.15) is 0 Å². The Morgan fingerprint density at radius 3 is 2.44 bits per heavy atom. The molecule has 0 radical (unpaired) electrons. The van der Waals surface area contributed by atoms with E-state index in [1.807, 2.05) is 17.9 Å². The van der Waals surface area contributed by atoms with Gasteiger partial charge in [-0.05, 0) is 43.4 Å². The van der Waals surface area contributed by atoms with E-state index in [1.54, 1.807) is 4.90 Å². The van der Waals surface area contributed by atoms with Crippen LogP contribution in [0.3, 0.4) is 0 Å². The first-order chi connectivity index (χ1) is 15.3. The lowest BCUT2D eigenvalue weighted by Crippen LogP contribution is -2.44. The van der Waals surface area contributed by atoms with Crippen molar-refractivity contribution in [1.29, 1.82) is 0 Å². The summed E-state index contributed by atoms with van der Waals surface area (Å²) >= 11 is 0. The van der Waals surface area contributed by atoms with Crippen molar-refractivity contribution in [2.24, 2.45) is 5.92 Å². The molecule has 0 aliphatic carbocycles. The summed E-state index contributed by atoms with van der Waals surface area (Å²) in [5.74, 6) is 0.443. The first-order valence-corrected chi connectivity index (χ1v) is 12.1. The van der Waals surface area contributed by atoms with E-state index < -0.39 is 0 Å². The highest BCUT2D eigenvalue weighted by Gasteiger charge is 2.22. The van der Waals surface area contributed by atoms with E-state index in [0.717, 1.165) is 31.5 Å². The Morgan fingerprint density at radius 2 is 1.78 bits per heavy atom. The summed E-state index contributed by atoms with van der Waals surface area (Å²) in [6, 6.07) is 12.7. The van der Waals surface area contributed by atoms with Crippen LogP contribution in [0.2, 0.25) is 0 Å². The Labute approximate surface area is 194 Å². The molecule has 0 unspecified atom stereocenters. The van der Waals surface area contributed by atoms with Crippen molar-refractivity contribution in [3.63, 3.8) is 0 Å². The third kappa shape index (κ3) is 8.18. The Hall–Kier alpha value is -2.56. The maximum atomic E-state index is 13.3. The highest BCUT2D eigenvalue weighted by molar-refractivity contribution is 5.84. The van der Waals surface area contributed by atoms with Crippen molar-refractivity contribution in [2.75, 3.05) is 19.6 Å². The van der Waals surface area contributed by atoms with Gasteiger partial charge in [-0.3, -0.25) is 9.59 Å². The molecule has 2 amide bonds. The van der Waals surface area contributed by atoms with E-state index in [-0.39, 0.29) is 18.4 Å². The number of nitrogens with zero attached hydrogens (tertiary/aromatic N) is 3. The summed E-state index contributed by atoms with van der Waals surface area (Å²) in [6.45, 7) is 13.3. The zero-order chi connectivity index (χ0) is 23.5. The van der Waals surface area contributed by atoms with Gasteiger partial charge in [-0.2, -0.15) is 0 Å². The molecule has 0 aliphatic heterocycles. The van der Waals surface area contributed by atoms with Gasteiger partial charge in [-0.1, -0.05) is 63.9 Å². The first kappa shape index (κ1) is 25.7. The van der Waals surface area contributed by atoms with E-state index in [2.05, 4.69) is 68.8 Å². The normalized spacial score (nSPS) is 11.1. The molecule has 5 nitrogen and oxygen atoms in total. The molecule has 0 bridgehead atoms. The maximum Gasteiger partial charge on any atom is 0.242 e. The molecular formula is C27H41N3O2. The van der Waals surface area contributed by atoms with E-state index in [9.17, 15) is 9.59 Å². The van der Waals surface area contributed by atoms with Gasteiger partial charge >= 0.3 is 0 Å². The second kappa shape index (κ2) is 13.1. The minimum absolute atomic E-state index is 0.0341. The van der Waals surface area contributed by atoms with Gasteiger partial charge in [0.25, 0.3) is 0 Å². The molecule has 0 N–H and O–H groups in total. The molecule has 1 heterocycles. The fourth-order valence-electron chi connectivity index (χ4n) is 3.92. The van der Waals surface area contributed by atoms with E-state index >= 15 is 0 Å². The van der Waals surface area contributed by atoms with Crippen molar-refractivity contribution < 1.29 is 9.59 Å². The highest BCUT2D eigenvalue weighted by Crippen LogP contribution is 2.14. The molecule has 0 saturated carbocycles. The molecule has 1 aromatic heterocycles. The van der Waals surface area contributed by atoms with Crippen LogP contribution in [0, 0.1) is 12.8 Å². The van der Waals surface area contributed by atoms with Crippen LogP contribution in [0.4, 0.5) is 0 Å². The monoisotopic (exact) mass is 439 g/mol. The summed E-state index contributed by atoms with van der Waals surface area (Å²) in [5, 5.41) is 0. The molecule has 0 fully saturated rings. The standard InChI is InChI=1S/C27H41N3O2/c1-6-8-15-29(27(32)21-30(18-22(3)4)26(31)11-7-2)20-25-14-10-16-28(25)19-24-13-9-12-23(5)17-24/h9-10,12-14,16-17,22H,6-8,11,15,18-21H2,1-5H3. The molecule has 0 spiro atoms. The van der Waals surface area contributed by atoms with Crippen molar-refractivity contribution >= 4 is 11.8 Å². The van der Waals surface area contributed by atoms with Crippen LogP contribution in [0.15, 0.2) is 42.6 Å². The lowest BCUT2D eigenvalue weighted by atomic mass is 10.1. The Balaban J connectivity index is 2.15. The third-order valence-electron chi connectivity index (χ3n) is 5.57. The summed E-state index contributed by atoms with van der Waals surface area (Å²) in [5.41, 5.74) is 3.62. The van der Waals surface area contributed by atoms with Crippen molar-refractivity contribution in [3.8, 4) is 0 Å². The number of hydrogen-bond acceptors (Lipinski definition) is 2. The SMILES string of the molecule is CCCCN(Cc1cccn1Cc1cccc(C)c1)C(=O)CN(CC(C)C)C(=O)CCC. The highest BCUT2D eigenvalue weighted by atomic mass is 16.2. The number of carbonyl (C=O) groups is 2. The lowest BCUT2D eigenvalue weighted by molar-refractivity contribution is -0.141. The van der Waals surface area contributed by atoms with Crippen LogP contribution < -0.4 is 0 Å². The quantitative estimate of drug-likeness (QED) is 0.427. The number of aryl methyl sites for hydroxylation is 1. The smallest absolute Gasteiger partial charge is 0.242 e. The molecule has 32 heavy (non-hydrogen) atoms. The molecule has 5 heteroatoms. The van der Waals surface area contributed by atoms with Gasteiger partial charge in [0.2, 0.25) is 11.8 Å². The number of carbonyl (C=O) groups excluding carboxylic acids is 2. The summed E-state index contributed by atoms with van der Waals surface area (Å²) < 4.78 is 2.22. The summed E-state index contributed by atoms with van der Waals surface area (Å²) in [7, 11) is 0. The van der Waals surface area contributed by atoms with Crippen molar-refractivity contribution in [1.82, 2.24) is 14.4 Å². The summed E-state index contributed by atoms with van der Waals surface area (Å²) in [6.07, 6.45) is 5.36. The van der Waals surface area contributed by atoms with Gasteiger partial charge in [0.05, 0.1) is 13.1 Å². The Kier molecular flexibility index (Phi) is 10.5. The largest absolute Gasteiger partial charge is 0.345 e. The second-order valence-corrected chi connectivity index (χ2v) is 9.20. The molecule has 2 rings (SSSR count). The molecular weight excluding hydrogens is 398 g/mol. The van der Waals surface area contributed by atoms with Crippen LogP contribution in [0.5, 0.6) is 0 Å². The fraction of sp³-hybridized carbons (Fsp3) is 0.556. The van der Waals surface area contributed by atoms with Crippen LogP contribution in [0.25, 0.3) is 0 Å². The summed E-state index contributed by atoms with van der Waals surface area (Å²) in [4.78, 5) is 29.6. The number of hydrogen-bond donors (Lipinski definition) is 0. The minimum Gasteiger partial charge on any atom is -0.345 e. The number of aromatic nitrogens is 1. The number of rotatable bonds is 13. The number of benzene rings is 1. The average molecular weight is 440 g/mol. The zero-order valence-electron chi connectivity index (χ0n) is 20.6. The predicted molar refractivity (Wildman–Crippen MR) is 131 cm³/mol. The van der Waals surface area contributed by atoms with Crippen LogP contribution in [-0.2, 0) is 22.7 Å². The molecule has 0 saturated heterocycles. The molecule has 0 atom stereocenters. The van der Waals surface area contributed by atoms with Gasteiger partial charge in [0.15, 0.2) is 0 Å². The molecule has 0 aliphatic rings. The van der Waals surface area contributed by atoms with Gasteiger partial charge in [-0.25, -0.2) is 0 Å². The van der Waals surface area contributed by atoms with Gasteiger partial charge < -0.3 is 14.4 Å². The molecule has 2 aromatic rings. The Morgan fingerprint density at radius 1 is 1.00 bits per heavy atom. The second-order valence-electron chi connectivity index (χ2n) is 9.20. The number of amides is 2. The first-order valence-electron chi connectivity index (χ1n) is 12.1. The van der Waals surface area contributed by atoms with Crippen molar-refractivity contribution in [2.45, 2.75) is 73.4 Å². The van der Waals surface area contributed by atoms with E-state index in [1.165, 1.54) is 11.1 Å². The van der Waals surface area contributed by atoms with E-state index in [0.29, 0.717) is 32.0 Å². The predicted octanol–water partition coefficient (Wildman–Crippen LogP) is 5.26. The molecule has 1 aromatic carbocycles. The molecule has 176 valence electrons. The zero-order valence-corrected chi connectivity index (χ0v) is 20.6. The van der Waals surface area contributed by atoms with Gasteiger partial charge in [0, 0.05) is 37.9 Å². The minimum atomic E-state index is 0.0341. The topological polar surface area (TPSA) is 45.6 Å². The third-order valence-corrected chi connectivity index (χ3v) is 5.57. The maximum absolute atomic E-state index is 13.3. The Bertz CT molecular complexity index is 856. The fourth-order valence-corrected chi connectivity index (χ4v) is 3.92. The average Bonchev–Trinajstić information content (AvgIpc) is 3.16. The van der Waals surface area contributed by atoms with E-state index in [4.69, 9.17) is 0 Å². The van der Waals surface area contributed by atoms with Crippen LogP contribution >= 0.6 is 0 Å². The van der Waals surface area contributed by atoms with Crippen LogP contribution in [-0.4, -0.2) is 45.8 Å². The van der Waals surface area contributed by atoms with Crippen molar-refractivity contribution in [3.05, 3.63) is 59.4 Å². The lowest BCUT2D eigenvalue weighted by Gasteiger charge is -2.29.